The van der Waals surface area contributed by atoms with E-state index in [1.54, 1.807) is 6.92 Å². The monoisotopic (exact) mass is 235 g/mol. The van der Waals surface area contributed by atoms with E-state index in [-0.39, 0.29) is 16.7 Å². The molecule has 0 aromatic heterocycles. The van der Waals surface area contributed by atoms with Crippen molar-refractivity contribution in [3.63, 3.8) is 0 Å². The molecule has 0 bridgehead atoms. The van der Waals surface area contributed by atoms with E-state index in [1.165, 1.54) is 19.2 Å². The van der Waals surface area contributed by atoms with E-state index in [0.717, 1.165) is 0 Å². The Hall–Kier alpha value is -2.02. The highest BCUT2D eigenvalue weighted by molar-refractivity contribution is 6.58. The minimum Gasteiger partial charge on any atom is -0.465 e. The molecule has 88 valence electrons. The van der Waals surface area contributed by atoms with Gasteiger partial charge in [-0.1, -0.05) is 11.2 Å². The van der Waals surface area contributed by atoms with Crippen molar-refractivity contribution >= 4 is 24.2 Å². The summed E-state index contributed by atoms with van der Waals surface area (Å²) in [5.74, 6) is -0.639. The third-order valence-electron chi connectivity index (χ3n) is 2.26. The summed E-state index contributed by atoms with van der Waals surface area (Å²) in [4.78, 5) is 14.0. The summed E-state index contributed by atoms with van der Waals surface area (Å²) >= 11 is 0. The van der Waals surface area contributed by atoms with Crippen LogP contribution in [0.15, 0.2) is 17.2 Å². The number of methoxy groups -OCH3 is 1. The maximum absolute atomic E-state index is 11.4. The number of esters is 1. The minimum absolute atomic E-state index is 0.0541. The molecule has 0 aliphatic heterocycles. The van der Waals surface area contributed by atoms with Crippen LogP contribution in [0.2, 0.25) is 0 Å². The van der Waals surface area contributed by atoms with Crippen molar-refractivity contribution < 1.29 is 19.6 Å². The Kier molecular flexibility index (Phi) is 4.11. The van der Waals surface area contributed by atoms with Crippen LogP contribution in [-0.2, 0) is 4.74 Å². The number of hydrogen-bond acceptors (Lipinski definition) is 5. The smallest absolute Gasteiger partial charge is 0.465 e. The maximum atomic E-state index is 11.4. The van der Waals surface area contributed by atoms with Crippen LogP contribution >= 0.6 is 0 Å². The summed E-state index contributed by atoms with van der Waals surface area (Å²) in [5.41, 5.74) is 9.12. The Balaban J connectivity index is 3.47. The third kappa shape index (κ3) is 2.76. The lowest BCUT2D eigenvalue weighted by atomic mass is 9.78. The highest BCUT2D eigenvalue weighted by atomic mass is 16.5. The molecule has 1 aromatic carbocycles. The molecule has 0 unspecified atom stereocenters. The molecule has 0 spiro atoms. The van der Waals surface area contributed by atoms with E-state index in [2.05, 4.69) is 14.8 Å². The summed E-state index contributed by atoms with van der Waals surface area (Å²) in [7, 11) is -0.552. The number of rotatable bonds is 3. The average Bonchev–Trinajstić information content (AvgIpc) is 2.30. The van der Waals surface area contributed by atoms with Crippen LogP contribution in [0.3, 0.4) is 0 Å². The van der Waals surface area contributed by atoms with Gasteiger partial charge in [-0.05, 0) is 29.5 Å². The van der Waals surface area contributed by atoms with Gasteiger partial charge in [0.1, 0.15) is 0 Å². The fourth-order valence-corrected chi connectivity index (χ4v) is 1.34. The molecule has 17 heavy (non-hydrogen) atoms. The van der Waals surface area contributed by atoms with Gasteiger partial charge in [0.05, 0.1) is 12.7 Å². The molecule has 0 saturated carbocycles. The molecule has 0 atom stereocenters. The second-order valence-electron chi connectivity index (χ2n) is 3.27. The van der Waals surface area contributed by atoms with Crippen LogP contribution < -0.4 is 5.46 Å². The average molecular weight is 235 g/mol. The summed E-state index contributed by atoms with van der Waals surface area (Å²) in [6.45, 7) is 1.57. The maximum Gasteiger partial charge on any atom is 0.488 e. The number of carbonyl (C=O) groups excluding carboxylic acids is 1. The number of carbonyl (C=O) groups is 1. The summed E-state index contributed by atoms with van der Waals surface area (Å²) in [6, 6.07) is 2.58. The SMILES string of the molecule is COC(=O)c1cc(B(O)O)cc(N=[N+]=[N-])c1C. The first kappa shape index (κ1) is 13.1. The lowest BCUT2D eigenvalue weighted by molar-refractivity contribution is 0.0600. The Morgan fingerprint density at radius 1 is 1.53 bits per heavy atom. The number of ether oxygens (including phenoxy) is 1. The molecule has 0 aliphatic carbocycles. The van der Waals surface area contributed by atoms with Gasteiger partial charge in [-0.2, -0.15) is 0 Å². The van der Waals surface area contributed by atoms with E-state index in [4.69, 9.17) is 15.6 Å². The quantitative estimate of drug-likeness (QED) is 0.259. The second kappa shape index (κ2) is 5.35. The zero-order chi connectivity index (χ0) is 13.0. The molecule has 0 aliphatic rings. The third-order valence-corrected chi connectivity index (χ3v) is 2.26. The summed E-state index contributed by atoms with van der Waals surface area (Å²) in [5, 5.41) is 21.5. The summed E-state index contributed by atoms with van der Waals surface area (Å²) in [6.07, 6.45) is 0. The van der Waals surface area contributed by atoms with Crippen molar-refractivity contribution in [3.8, 4) is 0 Å². The molecular formula is C9H10BN3O4. The molecule has 0 heterocycles. The van der Waals surface area contributed by atoms with Crippen LogP contribution in [0.1, 0.15) is 15.9 Å². The largest absolute Gasteiger partial charge is 0.488 e. The lowest BCUT2D eigenvalue weighted by Gasteiger charge is -2.09. The van der Waals surface area contributed by atoms with Crippen molar-refractivity contribution in [2.24, 2.45) is 5.11 Å². The molecule has 0 saturated heterocycles. The van der Waals surface area contributed by atoms with Crippen molar-refractivity contribution in [2.45, 2.75) is 6.92 Å². The first-order chi connectivity index (χ1) is 8.01. The van der Waals surface area contributed by atoms with Gasteiger partial charge >= 0.3 is 13.1 Å². The number of azide groups is 1. The van der Waals surface area contributed by atoms with Gasteiger partial charge in [0.15, 0.2) is 0 Å². The van der Waals surface area contributed by atoms with Crippen molar-refractivity contribution in [3.05, 3.63) is 33.7 Å². The van der Waals surface area contributed by atoms with Gasteiger partial charge in [0, 0.05) is 10.6 Å². The van der Waals surface area contributed by atoms with Crippen molar-refractivity contribution in [2.75, 3.05) is 7.11 Å². The molecular weight excluding hydrogens is 225 g/mol. The topological polar surface area (TPSA) is 116 Å². The van der Waals surface area contributed by atoms with Crippen molar-refractivity contribution in [1.29, 1.82) is 0 Å². The molecule has 1 aromatic rings. The predicted molar refractivity (Wildman–Crippen MR) is 61.2 cm³/mol. The fraction of sp³-hybridized carbons (Fsp3) is 0.222. The van der Waals surface area contributed by atoms with E-state index in [9.17, 15) is 4.79 Å². The van der Waals surface area contributed by atoms with E-state index in [1.807, 2.05) is 0 Å². The van der Waals surface area contributed by atoms with E-state index >= 15 is 0 Å². The first-order valence-corrected chi connectivity index (χ1v) is 4.65. The van der Waals surface area contributed by atoms with Crippen molar-refractivity contribution in [1.82, 2.24) is 0 Å². The number of benzene rings is 1. The van der Waals surface area contributed by atoms with E-state index < -0.39 is 13.1 Å². The Labute approximate surface area is 97.4 Å². The minimum atomic E-state index is -1.76. The highest BCUT2D eigenvalue weighted by Gasteiger charge is 2.19. The highest BCUT2D eigenvalue weighted by Crippen LogP contribution is 2.21. The first-order valence-electron chi connectivity index (χ1n) is 4.65. The molecule has 2 N–H and O–H groups in total. The van der Waals surface area contributed by atoms with Gasteiger partial charge in [0.2, 0.25) is 0 Å². The Bertz CT molecular complexity index is 497. The number of nitrogens with zero attached hydrogens (tertiary/aromatic N) is 3. The zero-order valence-electron chi connectivity index (χ0n) is 9.28. The zero-order valence-corrected chi connectivity index (χ0v) is 9.28. The van der Waals surface area contributed by atoms with Crippen LogP contribution in [0.25, 0.3) is 10.4 Å². The van der Waals surface area contributed by atoms with Gasteiger partial charge < -0.3 is 14.8 Å². The normalized spacial score (nSPS) is 9.41. The molecule has 1 rings (SSSR count). The summed E-state index contributed by atoms with van der Waals surface area (Å²) < 4.78 is 4.55. The lowest BCUT2D eigenvalue weighted by Crippen LogP contribution is -2.30. The molecule has 8 heteroatoms. The van der Waals surface area contributed by atoms with Crippen LogP contribution in [-0.4, -0.2) is 30.2 Å². The fourth-order valence-electron chi connectivity index (χ4n) is 1.34. The standard InChI is InChI=1S/C9H10BN3O4/c1-5-7(9(14)17-2)3-6(10(15)16)4-8(5)12-13-11/h3-4,15-16H,1-2H3. The van der Waals surface area contributed by atoms with Gasteiger partial charge in [-0.3, -0.25) is 0 Å². The van der Waals surface area contributed by atoms with Gasteiger partial charge in [0.25, 0.3) is 0 Å². The Morgan fingerprint density at radius 3 is 2.65 bits per heavy atom. The van der Waals surface area contributed by atoms with Crippen LogP contribution in [0.4, 0.5) is 5.69 Å². The molecule has 0 radical (unpaired) electrons. The second-order valence-corrected chi connectivity index (χ2v) is 3.27. The predicted octanol–water partition coefficient (Wildman–Crippen LogP) is 0.403. The van der Waals surface area contributed by atoms with Gasteiger partial charge in [-0.15, -0.1) is 0 Å². The van der Waals surface area contributed by atoms with Crippen LogP contribution in [0, 0.1) is 6.92 Å². The van der Waals surface area contributed by atoms with E-state index in [0.29, 0.717) is 5.56 Å². The Morgan fingerprint density at radius 2 is 2.18 bits per heavy atom. The number of hydrogen-bond donors (Lipinski definition) is 2. The molecule has 7 nitrogen and oxygen atoms in total. The molecule has 0 fully saturated rings. The van der Waals surface area contributed by atoms with Gasteiger partial charge in [-0.25, -0.2) is 4.79 Å². The molecule has 0 amide bonds. The van der Waals surface area contributed by atoms with Crippen LogP contribution in [0.5, 0.6) is 0 Å².